The van der Waals surface area contributed by atoms with Crippen LogP contribution in [0.3, 0.4) is 0 Å². The van der Waals surface area contributed by atoms with Crippen molar-refractivity contribution >= 4 is 11.4 Å². The van der Waals surface area contributed by atoms with Crippen molar-refractivity contribution in [2.24, 2.45) is 5.92 Å². The average molecular weight is 336 g/mol. The number of fused-ring (bicyclic) bond motifs is 3. The highest BCUT2D eigenvalue weighted by Crippen LogP contribution is 2.51. The maximum atomic E-state index is 11.4. The number of nitro benzene ring substituents is 1. The van der Waals surface area contributed by atoms with Gasteiger partial charge in [0.05, 0.1) is 18.1 Å². The van der Waals surface area contributed by atoms with Gasteiger partial charge in [0, 0.05) is 17.7 Å². The second-order valence-corrected chi connectivity index (χ2v) is 6.70. The average Bonchev–Trinajstić information content (AvgIpc) is 3.11. The Labute approximate surface area is 146 Å². The Morgan fingerprint density at radius 3 is 2.88 bits per heavy atom. The normalized spacial score (nSPS) is 23.5. The number of nitrogens with zero attached hydrogens (tertiary/aromatic N) is 1. The summed E-state index contributed by atoms with van der Waals surface area (Å²) >= 11 is 0. The van der Waals surface area contributed by atoms with Crippen LogP contribution >= 0.6 is 0 Å². The van der Waals surface area contributed by atoms with Gasteiger partial charge < -0.3 is 10.1 Å². The minimum atomic E-state index is -0.380. The molecule has 1 aliphatic carbocycles. The van der Waals surface area contributed by atoms with Gasteiger partial charge in [0.1, 0.15) is 0 Å². The molecule has 5 heteroatoms. The van der Waals surface area contributed by atoms with E-state index in [4.69, 9.17) is 4.74 Å². The SMILES string of the molecule is COc1ccc([C@H]2Nc3c(C)cccc3[C@H]3C=CC[C@H]32)cc1[N+](=O)[O-]. The lowest BCUT2D eigenvalue weighted by Gasteiger charge is -2.38. The Bertz CT molecular complexity index is 875. The molecule has 4 rings (SSSR count). The number of benzene rings is 2. The molecule has 1 heterocycles. The van der Waals surface area contributed by atoms with Gasteiger partial charge in [0.25, 0.3) is 0 Å². The topological polar surface area (TPSA) is 64.4 Å². The molecule has 0 aromatic heterocycles. The Morgan fingerprint density at radius 1 is 1.28 bits per heavy atom. The first-order valence-corrected chi connectivity index (χ1v) is 8.45. The number of allylic oxidation sites excluding steroid dienone is 2. The number of nitro groups is 1. The number of para-hydroxylation sites is 1. The molecular formula is C20H20N2O3. The molecule has 0 fully saturated rings. The van der Waals surface area contributed by atoms with Crippen molar-refractivity contribution in [3.8, 4) is 5.75 Å². The number of aryl methyl sites for hydroxylation is 1. The molecule has 0 radical (unpaired) electrons. The van der Waals surface area contributed by atoms with Crippen LogP contribution in [-0.4, -0.2) is 12.0 Å². The van der Waals surface area contributed by atoms with Crippen molar-refractivity contribution in [1.29, 1.82) is 0 Å². The summed E-state index contributed by atoms with van der Waals surface area (Å²) in [7, 11) is 1.46. The third kappa shape index (κ3) is 2.47. The van der Waals surface area contributed by atoms with E-state index in [0.29, 0.717) is 17.6 Å². The van der Waals surface area contributed by atoms with Crippen molar-refractivity contribution in [3.63, 3.8) is 0 Å². The molecule has 3 atom stereocenters. The fraction of sp³-hybridized carbons (Fsp3) is 0.300. The first kappa shape index (κ1) is 15.7. The summed E-state index contributed by atoms with van der Waals surface area (Å²) in [5, 5.41) is 15.0. The highest BCUT2D eigenvalue weighted by molar-refractivity contribution is 5.64. The number of hydrogen-bond donors (Lipinski definition) is 1. The first-order valence-electron chi connectivity index (χ1n) is 8.45. The number of ether oxygens (including phenoxy) is 1. The van der Waals surface area contributed by atoms with E-state index in [0.717, 1.165) is 17.7 Å². The zero-order valence-electron chi connectivity index (χ0n) is 14.2. The van der Waals surface area contributed by atoms with Crippen molar-refractivity contribution in [2.45, 2.75) is 25.3 Å². The molecule has 5 nitrogen and oxygen atoms in total. The Kier molecular flexibility index (Phi) is 3.71. The molecule has 2 aromatic carbocycles. The molecule has 0 saturated heterocycles. The summed E-state index contributed by atoms with van der Waals surface area (Å²) in [6.45, 7) is 2.10. The van der Waals surface area contributed by atoms with Crippen LogP contribution in [0.5, 0.6) is 5.75 Å². The second-order valence-electron chi connectivity index (χ2n) is 6.70. The molecule has 0 saturated carbocycles. The summed E-state index contributed by atoms with van der Waals surface area (Å²) in [6.07, 6.45) is 5.46. The summed E-state index contributed by atoms with van der Waals surface area (Å²) in [4.78, 5) is 11.0. The number of nitrogens with one attached hydrogen (secondary N) is 1. The molecule has 0 bridgehead atoms. The van der Waals surface area contributed by atoms with Crippen molar-refractivity contribution in [3.05, 3.63) is 75.4 Å². The summed E-state index contributed by atoms with van der Waals surface area (Å²) in [6, 6.07) is 11.7. The quantitative estimate of drug-likeness (QED) is 0.499. The van der Waals surface area contributed by atoms with Crippen LogP contribution in [-0.2, 0) is 0 Å². The third-order valence-corrected chi connectivity index (χ3v) is 5.36. The lowest BCUT2D eigenvalue weighted by molar-refractivity contribution is -0.385. The van der Waals surface area contributed by atoms with E-state index in [1.165, 1.54) is 18.2 Å². The standard InChI is InChI=1S/C20H20N2O3/c1-12-5-3-7-15-14-6-4-8-16(14)20(21-19(12)15)13-9-10-18(25-2)17(11-13)22(23)24/h3-7,9-11,14,16,20-21H,8H2,1-2H3/t14-,16-,20-/m1/s1. The fourth-order valence-corrected chi connectivity index (χ4v) is 4.15. The third-order valence-electron chi connectivity index (χ3n) is 5.36. The first-order chi connectivity index (χ1) is 12.1. The largest absolute Gasteiger partial charge is 0.490 e. The van der Waals surface area contributed by atoms with Crippen molar-refractivity contribution < 1.29 is 9.66 Å². The predicted molar refractivity (Wildman–Crippen MR) is 97.2 cm³/mol. The Hall–Kier alpha value is -2.82. The molecule has 0 amide bonds. The van der Waals surface area contributed by atoms with E-state index in [1.807, 2.05) is 6.07 Å². The van der Waals surface area contributed by atoms with Gasteiger partial charge in [-0.05, 0) is 42.0 Å². The Balaban J connectivity index is 1.80. The Morgan fingerprint density at radius 2 is 2.12 bits per heavy atom. The molecule has 0 unspecified atom stereocenters. The van der Waals surface area contributed by atoms with E-state index < -0.39 is 0 Å². The molecule has 2 aromatic rings. The molecule has 0 spiro atoms. The number of anilines is 1. The van der Waals surface area contributed by atoms with Crippen molar-refractivity contribution in [1.82, 2.24) is 0 Å². The van der Waals surface area contributed by atoms with E-state index in [9.17, 15) is 10.1 Å². The van der Waals surface area contributed by atoms with E-state index in [2.05, 4.69) is 42.6 Å². The molecular weight excluding hydrogens is 316 g/mol. The number of methoxy groups -OCH3 is 1. The van der Waals surface area contributed by atoms with Gasteiger partial charge in [-0.15, -0.1) is 0 Å². The minimum absolute atomic E-state index is 0.0138. The summed E-state index contributed by atoms with van der Waals surface area (Å²) in [5.41, 5.74) is 4.61. The number of rotatable bonds is 3. The van der Waals surface area contributed by atoms with Gasteiger partial charge >= 0.3 is 5.69 Å². The maximum Gasteiger partial charge on any atom is 0.311 e. The van der Waals surface area contributed by atoms with Crippen LogP contribution in [0.4, 0.5) is 11.4 Å². The van der Waals surface area contributed by atoms with Gasteiger partial charge in [0.2, 0.25) is 0 Å². The molecule has 1 N–H and O–H groups in total. The zero-order valence-corrected chi connectivity index (χ0v) is 14.2. The second kappa shape index (κ2) is 5.92. The van der Waals surface area contributed by atoms with Gasteiger partial charge in [-0.1, -0.05) is 36.4 Å². The lowest BCUT2D eigenvalue weighted by atomic mass is 9.76. The van der Waals surface area contributed by atoms with E-state index >= 15 is 0 Å². The molecule has 1 aliphatic heterocycles. The predicted octanol–water partition coefficient (Wildman–Crippen LogP) is 4.74. The molecule has 2 aliphatic rings. The molecule has 25 heavy (non-hydrogen) atoms. The van der Waals surface area contributed by atoms with Crippen LogP contribution in [0.25, 0.3) is 0 Å². The van der Waals surface area contributed by atoms with Gasteiger partial charge in [0.15, 0.2) is 5.75 Å². The van der Waals surface area contributed by atoms with Crippen LogP contribution in [0.1, 0.15) is 35.1 Å². The van der Waals surface area contributed by atoms with Gasteiger partial charge in [-0.2, -0.15) is 0 Å². The highest BCUT2D eigenvalue weighted by Gasteiger charge is 2.38. The van der Waals surface area contributed by atoms with Crippen LogP contribution in [0, 0.1) is 23.0 Å². The lowest BCUT2D eigenvalue weighted by Crippen LogP contribution is -2.29. The van der Waals surface area contributed by atoms with Crippen molar-refractivity contribution in [2.75, 3.05) is 12.4 Å². The summed E-state index contributed by atoms with van der Waals surface area (Å²) < 4.78 is 5.14. The number of hydrogen-bond acceptors (Lipinski definition) is 4. The monoisotopic (exact) mass is 336 g/mol. The molecule has 128 valence electrons. The van der Waals surface area contributed by atoms with Gasteiger partial charge in [-0.3, -0.25) is 10.1 Å². The van der Waals surface area contributed by atoms with Crippen LogP contribution in [0.15, 0.2) is 48.6 Å². The minimum Gasteiger partial charge on any atom is -0.490 e. The van der Waals surface area contributed by atoms with E-state index in [-0.39, 0.29) is 16.7 Å². The van der Waals surface area contributed by atoms with Crippen LogP contribution in [0.2, 0.25) is 0 Å². The van der Waals surface area contributed by atoms with Crippen LogP contribution < -0.4 is 10.1 Å². The van der Waals surface area contributed by atoms with Gasteiger partial charge in [-0.25, -0.2) is 0 Å². The maximum absolute atomic E-state index is 11.4. The zero-order chi connectivity index (χ0) is 17.6. The van der Waals surface area contributed by atoms with E-state index in [1.54, 1.807) is 12.1 Å². The fourth-order valence-electron chi connectivity index (χ4n) is 4.15. The summed E-state index contributed by atoms with van der Waals surface area (Å²) in [5.74, 6) is 1.01. The highest BCUT2D eigenvalue weighted by atomic mass is 16.6. The smallest absolute Gasteiger partial charge is 0.311 e.